The number of ether oxygens (including phenoxy) is 1. The van der Waals surface area contributed by atoms with Gasteiger partial charge in [0.1, 0.15) is 12.1 Å². The van der Waals surface area contributed by atoms with Crippen molar-refractivity contribution in [2.75, 3.05) is 0 Å². The molecular weight excluding hydrogens is 206 g/mol. The van der Waals surface area contributed by atoms with Gasteiger partial charge in [-0.1, -0.05) is 30.3 Å². The highest BCUT2D eigenvalue weighted by Gasteiger charge is 2.35. The lowest BCUT2D eigenvalue weighted by atomic mass is 10.1. The molecule has 1 aromatic carbocycles. The van der Waals surface area contributed by atoms with Crippen LogP contribution in [0, 0.1) is 0 Å². The maximum absolute atomic E-state index is 11.5. The molecule has 0 bridgehead atoms. The van der Waals surface area contributed by atoms with Gasteiger partial charge in [0.2, 0.25) is 0 Å². The molecule has 4 nitrogen and oxygen atoms in total. The summed E-state index contributed by atoms with van der Waals surface area (Å²) in [7, 11) is 0. The molecule has 1 fully saturated rings. The third-order valence-electron chi connectivity index (χ3n) is 2.61. The number of benzene rings is 1. The Balaban J connectivity index is 1.99. The molecule has 1 heterocycles. The van der Waals surface area contributed by atoms with Gasteiger partial charge < -0.3 is 9.84 Å². The summed E-state index contributed by atoms with van der Waals surface area (Å²) in [6, 6.07) is 9.36. The highest BCUT2D eigenvalue weighted by atomic mass is 16.6. The molecular formula is C12H15NO3. The molecule has 2 N–H and O–H groups in total. The molecule has 1 saturated heterocycles. The van der Waals surface area contributed by atoms with Gasteiger partial charge in [-0.3, -0.25) is 10.1 Å². The first-order valence-electron chi connectivity index (χ1n) is 5.35. The predicted molar refractivity (Wildman–Crippen MR) is 58.6 cm³/mol. The average molecular weight is 221 g/mol. The smallest absolute Gasteiger partial charge is 0.325 e. The Morgan fingerprint density at radius 2 is 2.12 bits per heavy atom. The first-order chi connectivity index (χ1) is 7.66. The fourth-order valence-corrected chi connectivity index (χ4v) is 1.74. The summed E-state index contributed by atoms with van der Waals surface area (Å²) >= 11 is 0. The van der Waals surface area contributed by atoms with E-state index >= 15 is 0 Å². The normalized spacial score (nSPS) is 26.5. The van der Waals surface area contributed by atoms with Crippen molar-refractivity contribution < 1.29 is 14.6 Å². The van der Waals surface area contributed by atoms with Crippen LogP contribution in [0.15, 0.2) is 30.3 Å². The number of carbonyl (C=O) groups excluding carboxylic acids is 1. The van der Waals surface area contributed by atoms with E-state index in [9.17, 15) is 9.90 Å². The molecule has 1 aliphatic rings. The van der Waals surface area contributed by atoms with E-state index in [4.69, 9.17) is 4.74 Å². The molecule has 1 aromatic rings. The van der Waals surface area contributed by atoms with Gasteiger partial charge in [0.25, 0.3) is 0 Å². The summed E-state index contributed by atoms with van der Waals surface area (Å²) in [5.41, 5.74) is 1.07. The van der Waals surface area contributed by atoms with Gasteiger partial charge in [0.15, 0.2) is 6.23 Å². The van der Waals surface area contributed by atoms with Gasteiger partial charge in [-0.15, -0.1) is 0 Å². The highest BCUT2D eigenvalue weighted by molar-refractivity contribution is 5.78. The fourth-order valence-electron chi connectivity index (χ4n) is 1.74. The van der Waals surface area contributed by atoms with E-state index in [1.54, 1.807) is 6.92 Å². The van der Waals surface area contributed by atoms with Gasteiger partial charge >= 0.3 is 5.97 Å². The number of hydrogen-bond donors (Lipinski definition) is 2. The second-order valence-electron chi connectivity index (χ2n) is 4.01. The molecule has 2 rings (SSSR count). The zero-order chi connectivity index (χ0) is 11.5. The maximum Gasteiger partial charge on any atom is 0.325 e. The summed E-state index contributed by atoms with van der Waals surface area (Å²) in [5, 5.41) is 12.3. The SMILES string of the molecule is CC(O)C1NC(Cc2ccccc2)C(=O)O1. The van der Waals surface area contributed by atoms with Crippen LogP contribution in [0.4, 0.5) is 0 Å². The lowest BCUT2D eigenvalue weighted by Gasteiger charge is -2.12. The zero-order valence-electron chi connectivity index (χ0n) is 9.09. The molecule has 0 aromatic heterocycles. The molecule has 0 amide bonds. The summed E-state index contributed by atoms with van der Waals surface area (Å²) in [6.07, 6.45) is -0.686. The molecule has 0 radical (unpaired) electrons. The summed E-state index contributed by atoms with van der Waals surface area (Å²) < 4.78 is 5.01. The van der Waals surface area contributed by atoms with Crippen LogP contribution < -0.4 is 5.32 Å². The van der Waals surface area contributed by atoms with Crippen molar-refractivity contribution in [3.63, 3.8) is 0 Å². The van der Waals surface area contributed by atoms with E-state index in [1.807, 2.05) is 30.3 Å². The highest BCUT2D eigenvalue weighted by Crippen LogP contribution is 2.13. The van der Waals surface area contributed by atoms with Crippen LogP contribution in [0.5, 0.6) is 0 Å². The number of esters is 1. The zero-order valence-corrected chi connectivity index (χ0v) is 9.09. The minimum Gasteiger partial charge on any atom is -0.443 e. The molecule has 16 heavy (non-hydrogen) atoms. The minimum atomic E-state index is -0.690. The predicted octanol–water partition coefficient (Wildman–Crippen LogP) is 0.451. The van der Waals surface area contributed by atoms with E-state index in [0.717, 1.165) is 5.56 Å². The van der Waals surface area contributed by atoms with Gasteiger partial charge in [-0.25, -0.2) is 0 Å². The number of cyclic esters (lactones) is 1. The Morgan fingerprint density at radius 1 is 1.44 bits per heavy atom. The minimum absolute atomic E-state index is 0.297. The van der Waals surface area contributed by atoms with Crippen molar-refractivity contribution >= 4 is 5.97 Å². The third-order valence-corrected chi connectivity index (χ3v) is 2.61. The van der Waals surface area contributed by atoms with Crippen molar-refractivity contribution in [1.82, 2.24) is 5.32 Å². The van der Waals surface area contributed by atoms with E-state index in [1.165, 1.54) is 0 Å². The van der Waals surface area contributed by atoms with E-state index < -0.39 is 12.3 Å². The summed E-state index contributed by atoms with van der Waals surface area (Å²) in [4.78, 5) is 11.5. The van der Waals surface area contributed by atoms with Gasteiger partial charge in [0.05, 0.1) is 0 Å². The van der Waals surface area contributed by atoms with Crippen LogP contribution in [0.3, 0.4) is 0 Å². The van der Waals surface area contributed by atoms with Crippen LogP contribution in [0.2, 0.25) is 0 Å². The van der Waals surface area contributed by atoms with E-state index in [-0.39, 0.29) is 12.0 Å². The average Bonchev–Trinajstić information content (AvgIpc) is 2.62. The first-order valence-corrected chi connectivity index (χ1v) is 5.35. The number of nitrogens with one attached hydrogen (secondary N) is 1. The maximum atomic E-state index is 11.5. The fraction of sp³-hybridized carbons (Fsp3) is 0.417. The monoisotopic (exact) mass is 221 g/mol. The van der Waals surface area contributed by atoms with Crippen molar-refractivity contribution in [2.45, 2.75) is 31.7 Å². The molecule has 4 heteroatoms. The van der Waals surface area contributed by atoms with E-state index in [0.29, 0.717) is 6.42 Å². The molecule has 0 aliphatic carbocycles. The topological polar surface area (TPSA) is 58.6 Å². The second kappa shape index (κ2) is 4.63. The van der Waals surface area contributed by atoms with Crippen LogP contribution in [0.25, 0.3) is 0 Å². The third kappa shape index (κ3) is 2.40. The number of aliphatic hydroxyl groups is 1. The van der Waals surface area contributed by atoms with Crippen molar-refractivity contribution in [3.8, 4) is 0 Å². The van der Waals surface area contributed by atoms with Gasteiger partial charge in [0, 0.05) is 0 Å². The molecule has 3 unspecified atom stereocenters. The Bertz CT molecular complexity index is 364. The van der Waals surface area contributed by atoms with Crippen LogP contribution >= 0.6 is 0 Å². The first kappa shape index (κ1) is 11.1. The van der Waals surface area contributed by atoms with Gasteiger partial charge in [-0.05, 0) is 18.9 Å². The largest absolute Gasteiger partial charge is 0.443 e. The number of rotatable bonds is 3. The van der Waals surface area contributed by atoms with E-state index in [2.05, 4.69) is 5.32 Å². The van der Waals surface area contributed by atoms with Crippen LogP contribution in [-0.4, -0.2) is 29.4 Å². The summed E-state index contributed by atoms with van der Waals surface area (Å²) in [5.74, 6) is -0.297. The number of hydrogen-bond acceptors (Lipinski definition) is 4. The lowest BCUT2D eigenvalue weighted by Crippen LogP contribution is -2.38. The van der Waals surface area contributed by atoms with Crippen LogP contribution in [0.1, 0.15) is 12.5 Å². The molecule has 0 spiro atoms. The Kier molecular flexibility index (Phi) is 3.22. The quantitative estimate of drug-likeness (QED) is 0.728. The Hall–Kier alpha value is -1.39. The molecule has 3 atom stereocenters. The molecule has 86 valence electrons. The van der Waals surface area contributed by atoms with Crippen molar-refractivity contribution in [3.05, 3.63) is 35.9 Å². The van der Waals surface area contributed by atoms with Crippen molar-refractivity contribution in [1.29, 1.82) is 0 Å². The molecule has 1 aliphatic heterocycles. The van der Waals surface area contributed by atoms with Gasteiger partial charge in [-0.2, -0.15) is 0 Å². The lowest BCUT2D eigenvalue weighted by molar-refractivity contribution is -0.145. The van der Waals surface area contributed by atoms with Crippen LogP contribution in [-0.2, 0) is 16.0 Å². The standard InChI is InChI=1S/C12H15NO3/c1-8(14)11-13-10(12(15)16-11)7-9-5-3-2-4-6-9/h2-6,8,10-11,13-14H,7H2,1H3. The molecule has 0 saturated carbocycles. The Morgan fingerprint density at radius 3 is 2.69 bits per heavy atom. The summed E-state index contributed by atoms with van der Waals surface area (Å²) in [6.45, 7) is 1.59. The Labute approximate surface area is 94.2 Å². The number of aliphatic hydroxyl groups excluding tert-OH is 1. The van der Waals surface area contributed by atoms with Crippen molar-refractivity contribution in [2.24, 2.45) is 0 Å². The second-order valence-corrected chi connectivity index (χ2v) is 4.01. The number of carbonyl (C=O) groups is 1.